The number of carboxylic acid groups (broad SMARTS) is 1. The van der Waals surface area contributed by atoms with Crippen molar-refractivity contribution >= 4 is 6.09 Å². The summed E-state index contributed by atoms with van der Waals surface area (Å²) >= 11 is 0. The molecule has 1 saturated heterocycles. The second-order valence-corrected chi connectivity index (χ2v) is 6.05. The van der Waals surface area contributed by atoms with Crippen LogP contribution in [-0.2, 0) is 4.74 Å². The van der Waals surface area contributed by atoms with E-state index in [2.05, 4.69) is 20.8 Å². The zero-order valence-electron chi connectivity index (χ0n) is 10.3. The molecule has 2 fully saturated rings. The SMILES string of the molecule is CC(C)(C)OC1CC12CCN(C(=O)O)CC2. The molecule has 1 spiro atoms. The summed E-state index contributed by atoms with van der Waals surface area (Å²) in [6.07, 6.45) is 2.59. The van der Waals surface area contributed by atoms with Crippen LogP contribution >= 0.6 is 0 Å². The molecule has 1 amide bonds. The third kappa shape index (κ3) is 2.32. The van der Waals surface area contributed by atoms with Crippen molar-refractivity contribution in [3.8, 4) is 0 Å². The minimum absolute atomic E-state index is 0.0852. The topological polar surface area (TPSA) is 49.8 Å². The van der Waals surface area contributed by atoms with Crippen LogP contribution in [-0.4, -0.2) is 40.9 Å². The number of carbonyl (C=O) groups is 1. The number of hydrogen-bond donors (Lipinski definition) is 1. The van der Waals surface area contributed by atoms with Crippen LogP contribution in [0.3, 0.4) is 0 Å². The second kappa shape index (κ2) is 3.62. The highest BCUT2D eigenvalue weighted by molar-refractivity contribution is 5.65. The molecule has 4 heteroatoms. The van der Waals surface area contributed by atoms with E-state index >= 15 is 0 Å². The number of nitrogens with zero attached hydrogens (tertiary/aromatic N) is 1. The van der Waals surface area contributed by atoms with Crippen LogP contribution in [0.1, 0.15) is 40.0 Å². The van der Waals surface area contributed by atoms with Crippen molar-refractivity contribution in [2.75, 3.05) is 13.1 Å². The molecule has 92 valence electrons. The zero-order chi connectivity index (χ0) is 12.0. The van der Waals surface area contributed by atoms with Gasteiger partial charge < -0.3 is 14.7 Å². The molecule has 16 heavy (non-hydrogen) atoms. The van der Waals surface area contributed by atoms with E-state index in [4.69, 9.17) is 9.84 Å². The van der Waals surface area contributed by atoms with Gasteiger partial charge >= 0.3 is 6.09 Å². The second-order valence-electron chi connectivity index (χ2n) is 6.05. The van der Waals surface area contributed by atoms with Crippen LogP contribution in [0, 0.1) is 5.41 Å². The van der Waals surface area contributed by atoms with E-state index in [1.165, 1.54) is 4.90 Å². The van der Waals surface area contributed by atoms with Crippen molar-refractivity contribution in [1.82, 2.24) is 4.90 Å². The first-order chi connectivity index (χ1) is 7.32. The van der Waals surface area contributed by atoms with E-state index in [0.717, 1.165) is 19.3 Å². The van der Waals surface area contributed by atoms with Crippen LogP contribution in [0.15, 0.2) is 0 Å². The van der Waals surface area contributed by atoms with Gasteiger partial charge in [0.05, 0.1) is 11.7 Å². The first-order valence-corrected chi connectivity index (χ1v) is 5.98. The number of likely N-dealkylation sites (tertiary alicyclic amines) is 1. The monoisotopic (exact) mass is 227 g/mol. The third-order valence-electron chi connectivity index (χ3n) is 3.64. The van der Waals surface area contributed by atoms with Crippen LogP contribution in [0.2, 0.25) is 0 Å². The lowest BCUT2D eigenvalue weighted by Crippen LogP contribution is -2.39. The molecule has 0 aromatic heterocycles. The molecule has 1 aliphatic heterocycles. The maximum atomic E-state index is 10.8. The Labute approximate surface area is 96.6 Å². The molecule has 1 N–H and O–H groups in total. The van der Waals surface area contributed by atoms with Crippen molar-refractivity contribution in [2.45, 2.75) is 51.7 Å². The minimum Gasteiger partial charge on any atom is -0.465 e. The number of piperidine rings is 1. The molecule has 1 aliphatic carbocycles. The molecule has 1 atom stereocenters. The fraction of sp³-hybridized carbons (Fsp3) is 0.917. The Morgan fingerprint density at radius 3 is 2.38 bits per heavy atom. The Morgan fingerprint density at radius 1 is 1.38 bits per heavy atom. The summed E-state index contributed by atoms with van der Waals surface area (Å²) < 4.78 is 5.97. The van der Waals surface area contributed by atoms with Gasteiger partial charge in [0.15, 0.2) is 0 Å². The Bertz CT molecular complexity index is 287. The Morgan fingerprint density at radius 2 is 1.94 bits per heavy atom. The molecule has 0 aromatic rings. The first-order valence-electron chi connectivity index (χ1n) is 5.98. The highest BCUT2D eigenvalue weighted by Crippen LogP contribution is 2.56. The lowest BCUT2D eigenvalue weighted by atomic mass is 9.93. The molecule has 1 unspecified atom stereocenters. The molecule has 1 heterocycles. The summed E-state index contributed by atoms with van der Waals surface area (Å²) in [5.74, 6) is 0. The molecule has 0 aromatic carbocycles. The number of rotatable bonds is 1. The highest BCUT2D eigenvalue weighted by atomic mass is 16.5. The van der Waals surface area contributed by atoms with Gasteiger partial charge in [-0.1, -0.05) is 0 Å². The standard InChI is InChI=1S/C12H21NO3/c1-11(2,3)16-9-8-12(9)4-6-13(7-5-12)10(14)15/h9H,4-8H2,1-3H3,(H,14,15). The molecule has 2 aliphatic rings. The normalized spacial score (nSPS) is 28.2. The van der Waals surface area contributed by atoms with Gasteiger partial charge in [0.2, 0.25) is 0 Å². The summed E-state index contributed by atoms with van der Waals surface area (Å²) in [7, 11) is 0. The highest BCUT2D eigenvalue weighted by Gasteiger charge is 2.57. The molecule has 0 bridgehead atoms. The Kier molecular flexibility index (Phi) is 2.65. The maximum Gasteiger partial charge on any atom is 0.407 e. The Hall–Kier alpha value is -0.770. The average Bonchev–Trinajstić information content (AvgIpc) is 2.75. The van der Waals surface area contributed by atoms with Gasteiger partial charge in [0.25, 0.3) is 0 Å². The lowest BCUT2D eigenvalue weighted by molar-refractivity contribution is -0.0391. The van der Waals surface area contributed by atoms with E-state index in [1.807, 2.05) is 0 Å². The van der Waals surface area contributed by atoms with Gasteiger partial charge in [-0.25, -0.2) is 4.79 Å². The largest absolute Gasteiger partial charge is 0.465 e. The Balaban J connectivity index is 1.85. The van der Waals surface area contributed by atoms with E-state index in [0.29, 0.717) is 24.6 Å². The number of amides is 1. The number of ether oxygens (including phenoxy) is 1. The quantitative estimate of drug-likeness (QED) is 0.748. The zero-order valence-corrected chi connectivity index (χ0v) is 10.3. The van der Waals surface area contributed by atoms with Crippen LogP contribution in [0.25, 0.3) is 0 Å². The van der Waals surface area contributed by atoms with Gasteiger partial charge in [-0.3, -0.25) is 0 Å². The van der Waals surface area contributed by atoms with Crippen molar-refractivity contribution < 1.29 is 14.6 Å². The summed E-state index contributed by atoms with van der Waals surface area (Å²) in [6.45, 7) is 7.56. The van der Waals surface area contributed by atoms with Crippen molar-refractivity contribution in [2.24, 2.45) is 5.41 Å². The maximum absolute atomic E-state index is 10.8. The summed E-state index contributed by atoms with van der Waals surface area (Å²) in [6, 6.07) is 0. The lowest BCUT2D eigenvalue weighted by Gasteiger charge is -2.32. The van der Waals surface area contributed by atoms with E-state index in [9.17, 15) is 4.79 Å². The fourth-order valence-corrected chi connectivity index (χ4v) is 2.57. The summed E-state index contributed by atoms with van der Waals surface area (Å²) in [5.41, 5.74) is 0.206. The van der Waals surface area contributed by atoms with Crippen LogP contribution in [0.5, 0.6) is 0 Å². The predicted octanol–water partition coefficient (Wildman–Crippen LogP) is 2.33. The predicted molar refractivity (Wildman–Crippen MR) is 60.5 cm³/mol. The van der Waals surface area contributed by atoms with Crippen molar-refractivity contribution in [3.05, 3.63) is 0 Å². The number of hydrogen-bond acceptors (Lipinski definition) is 2. The minimum atomic E-state index is -0.788. The first kappa shape index (κ1) is 11.7. The van der Waals surface area contributed by atoms with Gasteiger partial charge in [-0.05, 0) is 40.0 Å². The third-order valence-corrected chi connectivity index (χ3v) is 3.64. The smallest absolute Gasteiger partial charge is 0.407 e. The van der Waals surface area contributed by atoms with Gasteiger partial charge in [-0.2, -0.15) is 0 Å². The summed E-state index contributed by atoms with van der Waals surface area (Å²) in [4.78, 5) is 12.3. The molecular weight excluding hydrogens is 206 g/mol. The van der Waals surface area contributed by atoms with Crippen LogP contribution < -0.4 is 0 Å². The molecule has 4 nitrogen and oxygen atoms in total. The van der Waals surface area contributed by atoms with Crippen LogP contribution in [0.4, 0.5) is 4.79 Å². The fourth-order valence-electron chi connectivity index (χ4n) is 2.57. The summed E-state index contributed by atoms with van der Waals surface area (Å²) in [5, 5.41) is 8.88. The van der Waals surface area contributed by atoms with E-state index in [-0.39, 0.29) is 5.60 Å². The molecular formula is C12H21NO3. The van der Waals surface area contributed by atoms with E-state index in [1.54, 1.807) is 0 Å². The van der Waals surface area contributed by atoms with Gasteiger partial charge in [0, 0.05) is 18.5 Å². The average molecular weight is 227 g/mol. The van der Waals surface area contributed by atoms with Crippen molar-refractivity contribution in [1.29, 1.82) is 0 Å². The van der Waals surface area contributed by atoms with E-state index < -0.39 is 6.09 Å². The van der Waals surface area contributed by atoms with Gasteiger partial charge in [0.1, 0.15) is 0 Å². The molecule has 1 saturated carbocycles. The molecule has 0 radical (unpaired) electrons. The van der Waals surface area contributed by atoms with Crippen molar-refractivity contribution in [3.63, 3.8) is 0 Å². The van der Waals surface area contributed by atoms with Gasteiger partial charge in [-0.15, -0.1) is 0 Å². The molecule has 2 rings (SSSR count).